The van der Waals surface area contributed by atoms with Crippen LogP contribution in [0.2, 0.25) is 0 Å². The van der Waals surface area contributed by atoms with Gasteiger partial charge in [0.05, 0.1) is 11.0 Å². The molecule has 0 N–H and O–H groups in total. The Balaban J connectivity index is 1.13. The van der Waals surface area contributed by atoms with Crippen LogP contribution in [0.25, 0.3) is 55.0 Å². The summed E-state index contributed by atoms with van der Waals surface area (Å²) in [4.78, 5) is 5.21. The van der Waals surface area contributed by atoms with Gasteiger partial charge >= 0.3 is 0 Å². The third kappa shape index (κ3) is 4.87. The molecule has 68 heavy (non-hydrogen) atoms. The van der Waals surface area contributed by atoms with E-state index in [0.29, 0.717) is 0 Å². The van der Waals surface area contributed by atoms with Gasteiger partial charge in [0, 0.05) is 78.1 Å². The Bertz CT molecular complexity index is 3760. The number of para-hydroxylation sites is 6. The molecule has 0 atom stereocenters. The van der Waals surface area contributed by atoms with Crippen LogP contribution >= 0.6 is 0 Å². The number of aromatic nitrogens is 2. The first-order chi connectivity index (χ1) is 33.0. The highest BCUT2D eigenvalue weighted by Gasteiger charge is 2.48. The molecular formula is C62H48B2N4. The summed E-state index contributed by atoms with van der Waals surface area (Å²) in [7, 11) is 0. The zero-order valence-electron chi connectivity index (χ0n) is 39.3. The summed E-state index contributed by atoms with van der Waals surface area (Å²) in [5.41, 5.74) is 25.6. The van der Waals surface area contributed by atoms with E-state index in [4.69, 9.17) is 0 Å². The molecule has 322 valence electrons. The smallest absolute Gasteiger partial charge is 0.252 e. The minimum Gasteiger partial charge on any atom is -0.311 e. The van der Waals surface area contributed by atoms with Gasteiger partial charge in [0.2, 0.25) is 0 Å². The average molecular weight is 871 g/mol. The second-order valence-electron chi connectivity index (χ2n) is 21.7. The Morgan fingerprint density at radius 1 is 0.324 bits per heavy atom. The molecule has 2 aromatic heterocycles. The highest BCUT2D eigenvalue weighted by atomic mass is 15.2. The van der Waals surface area contributed by atoms with Crippen LogP contribution in [0.5, 0.6) is 0 Å². The second-order valence-corrected chi connectivity index (χ2v) is 21.7. The maximum atomic E-state index is 2.66. The number of benzene rings is 9. The zero-order chi connectivity index (χ0) is 45.5. The molecule has 0 fully saturated rings. The second kappa shape index (κ2) is 13.0. The van der Waals surface area contributed by atoms with Crippen molar-refractivity contribution in [2.45, 2.75) is 52.4 Å². The summed E-state index contributed by atoms with van der Waals surface area (Å²) < 4.78 is 5.20. The molecule has 4 nitrogen and oxygen atoms in total. The van der Waals surface area contributed by atoms with Crippen molar-refractivity contribution in [3.8, 4) is 11.4 Å². The van der Waals surface area contributed by atoms with E-state index >= 15 is 0 Å². The van der Waals surface area contributed by atoms with Gasteiger partial charge in [-0.25, -0.2) is 0 Å². The Hall–Kier alpha value is -7.69. The lowest BCUT2D eigenvalue weighted by atomic mass is 9.30. The Morgan fingerprint density at radius 3 is 1.13 bits per heavy atom. The van der Waals surface area contributed by atoms with Gasteiger partial charge in [0.25, 0.3) is 13.4 Å². The van der Waals surface area contributed by atoms with Crippen molar-refractivity contribution in [3.05, 3.63) is 193 Å². The van der Waals surface area contributed by atoms with Crippen molar-refractivity contribution in [1.82, 2.24) is 9.13 Å². The number of anilines is 6. The molecule has 0 bridgehead atoms. The summed E-state index contributed by atoms with van der Waals surface area (Å²) in [6.07, 6.45) is 0. The molecule has 4 aliphatic heterocycles. The number of nitrogens with zero attached hydrogens (tertiary/aromatic N) is 4. The fourth-order valence-corrected chi connectivity index (χ4v) is 12.9. The average Bonchev–Trinajstić information content (AvgIpc) is 3.87. The van der Waals surface area contributed by atoms with Crippen LogP contribution < -0.4 is 42.6 Å². The minimum atomic E-state index is -0.0979. The molecule has 0 saturated carbocycles. The summed E-state index contributed by atoms with van der Waals surface area (Å²) in [6, 6.07) is 69.8. The molecule has 4 aliphatic rings. The summed E-state index contributed by atoms with van der Waals surface area (Å²) >= 11 is 0. The SMILES string of the molecule is CC(C)(C)c1cc2c3c(c1)-n1c4ccccc4c4cccc(c41)B3c1cc3c(cc1N2c1ccccc1)N(c1ccccc1)c1cc(C(C)(C)C)cc2c1B3c1cccc3c4ccccc4n-2c13. The van der Waals surface area contributed by atoms with Gasteiger partial charge < -0.3 is 18.9 Å². The third-order valence-corrected chi connectivity index (χ3v) is 15.9. The molecule has 6 heteroatoms. The lowest BCUT2D eigenvalue weighted by Gasteiger charge is -2.45. The van der Waals surface area contributed by atoms with Gasteiger partial charge in [-0.2, -0.15) is 0 Å². The number of hydrogen-bond acceptors (Lipinski definition) is 2. The number of rotatable bonds is 2. The lowest BCUT2D eigenvalue weighted by Crippen LogP contribution is -2.64. The predicted molar refractivity (Wildman–Crippen MR) is 291 cm³/mol. The van der Waals surface area contributed by atoms with E-state index in [1.165, 1.54) is 122 Å². The van der Waals surface area contributed by atoms with Crippen molar-refractivity contribution >= 4 is 124 Å². The Morgan fingerprint density at radius 2 is 0.706 bits per heavy atom. The molecule has 9 aromatic carbocycles. The number of fused-ring (bicyclic) bond motifs is 14. The standard InChI is InChI=1S/C62H48B2N4/c1-61(2,3)37-31-53-57-55(33-37)67-49-29-15-13-23-41(49)43-25-17-27-45(59(43)67)63(57)47-35-48-52(36-51(47)65(53)39-19-9-7-10-20-39)66(40-21-11-8-12-22-40)54-32-38(62(4,5)6)34-56-58(54)64(48)46-28-18-26-44-42-24-14-16-30-50(42)68(56)60(44)46/h7-36H,1-6H3. The largest absolute Gasteiger partial charge is 0.311 e. The maximum Gasteiger partial charge on any atom is 0.252 e. The highest BCUT2D eigenvalue weighted by Crippen LogP contribution is 2.48. The van der Waals surface area contributed by atoms with Crippen molar-refractivity contribution in [2.75, 3.05) is 9.80 Å². The van der Waals surface area contributed by atoms with Crippen LogP contribution in [0.3, 0.4) is 0 Å². The Kier molecular flexibility index (Phi) is 7.37. The number of hydrogen-bond donors (Lipinski definition) is 0. The van der Waals surface area contributed by atoms with Gasteiger partial charge in [-0.1, -0.05) is 157 Å². The first-order valence-corrected chi connectivity index (χ1v) is 24.3. The van der Waals surface area contributed by atoms with Crippen molar-refractivity contribution < 1.29 is 0 Å². The third-order valence-electron chi connectivity index (χ3n) is 15.9. The topological polar surface area (TPSA) is 16.3 Å². The monoisotopic (exact) mass is 870 g/mol. The van der Waals surface area contributed by atoms with Gasteiger partial charge in [0.15, 0.2) is 0 Å². The minimum absolute atomic E-state index is 0.00469. The lowest BCUT2D eigenvalue weighted by molar-refractivity contribution is 0.590. The van der Waals surface area contributed by atoms with E-state index in [1.807, 2.05) is 0 Å². The summed E-state index contributed by atoms with van der Waals surface area (Å²) in [5, 5.41) is 5.22. The van der Waals surface area contributed by atoms with Gasteiger partial charge in [-0.05, 0) is 121 Å². The molecule has 0 saturated heterocycles. The first kappa shape index (κ1) is 38.4. The van der Waals surface area contributed by atoms with Crippen LogP contribution in [-0.2, 0) is 10.8 Å². The van der Waals surface area contributed by atoms with E-state index < -0.39 is 0 Å². The zero-order valence-corrected chi connectivity index (χ0v) is 39.3. The van der Waals surface area contributed by atoms with E-state index in [2.05, 4.69) is 242 Å². The highest BCUT2D eigenvalue weighted by molar-refractivity contribution is 7.03. The molecule has 11 aromatic rings. The first-order valence-electron chi connectivity index (χ1n) is 24.3. The van der Waals surface area contributed by atoms with Crippen LogP contribution in [0, 0.1) is 0 Å². The fourth-order valence-electron chi connectivity index (χ4n) is 12.9. The molecule has 0 spiro atoms. The van der Waals surface area contributed by atoms with Gasteiger partial charge in [-0.3, -0.25) is 0 Å². The molecule has 15 rings (SSSR count). The molecule has 6 heterocycles. The van der Waals surface area contributed by atoms with Gasteiger partial charge in [0.1, 0.15) is 0 Å². The fraction of sp³-hybridized carbons (Fsp3) is 0.129. The van der Waals surface area contributed by atoms with Crippen LogP contribution in [-0.4, -0.2) is 22.6 Å². The van der Waals surface area contributed by atoms with E-state index in [1.54, 1.807) is 0 Å². The summed E-state index contributed by atoms with van der Waals surface area (Å²) in [6.45, 7) is 14.1. The van der Waals surface area contributed by atoms with Crippen LogP contribution in [0.15, 0.2) is 182 Å². The molecule has 0 aliphatic carbocycles. The predicted octanol–water partition coefficient (Wildman–Crippen LogP) is 11.7. The molecule has 0 unspecified atom stereocenters. The maximum absolute atomic E-state index is 2.66. The Labute approximate surface area is 397 Å². The quantitative estimate of drug-likeness (QED) is 0.161. The summed E-state index contributed by atoms with van der Waals surface area (Å²) in [5.74, 6) is 0. The molecular weight excluding hydrogens is 822 g/mol. The van der Waals surface area contributed by atoms with E-state index in [-0.39, 0.29) is 24.3 Å². The van der Waals surface area contributed by atoms with Crippen molar-refractivity contribution in [3.63, 3.8) is 0 Å². The molecule has 0 amide bonds. The molecule has 0 radical (unpaired) electrons. The van der Waals surface area contributed by atoms with Gasteiger partial charge in [-0.15, -0.1) is 0 Å². The van der Waals surface area contributed by atoms with E-state index in [9.17, 15) is 0 Å². The van der Waals surface area contributed by atoms with Crippen LogP contribution in [0.4, 0.5) is 34.1 Å². The van der Waals surface area contributed by atoms with Crippen molar-refractivity contribution in [1.29, 1.82) is 0 Å². The van der Waals surface area contributed by atoms with E-state index in [0.717, 1.165) is 11.4 Å². The van der Waals surface area contributed by atoms with Crippen LogP contribution in [0.1, 0.15) is 52.7 Å². The normalized spacial score (nSPS) is 14.2. The van der Waals surface area contributed by atoms with Crippen molar-refractivity contribution in [2.24, 2.45) is 0 Å².